The van der Waals surface area contributed by atoms with Crippen LogP contribution in [0.1, 0.15) is 49.3 Å². The molecule has 192 valence electrons. The van der Waals surface area contributed by atoms with Crippen LogP contribution in [0.25, 0.3) is 0 Å². The van der Waals surface area contributed by atoms with Gasteiger partial charge < -0.3 is 14.4 Å². The van der Waals surface area contributed by atoms with Crippen molar-refractivity contribution in [2.45, 2.75) is 40.8 Å². The number of aromatic nitrogens is 1. The molecule has 5 nitrogen and oxygen atoms in total. The maximum absolute atomic E-state index is 13.6. The Kier molecular flexibility index (Phi) is 10.2. The summed E-state index contributed by atoms with van der Waals surface area (Å²) in [7, 11) is 0. The zero-order valence-corrected chi connectivity index (χ0v) is 23.8. The molecule has 7 heteroatoms. The largest absolute Gasteiger partial charge is 0.345 e. The van der Waals surface area contributed by atoms with Gasteiger partial charge in [0.15, 0.2) is 0 Å². The fourth-order valence-corrected chi connectivity index (χ4v) is 4.83. The van der Waals surface area contributed by atoms with Crippen molar-refractivity contribution in [3.8, 4) is 0 Å². The van der Waals surface area contributed by atoms with E-state index in [1.54, 1.807) is 11.0 Å². The van der Waals surface area contributed by atoms with Crippen LogP contribution in [0, 0.1) is 11.8 Å². The number of halogens is 2. The van der Waals surface area contributed by atoms with Crippen LogP contribution in [0.2, 0.25) is 5.02 Å². The fourth-order valence-electron chi connectivity index (χ4n) is 4.18. The van der Waals surface area contributed by atoms with E-state index >= 15 is 0 Å². The molecule has 1 aromatic heterocycles. The van der Waals surface area contributed by atoms with Crippen LogP contribution in [0.4, 0.5) is 0 Å². The van der Waals surface area contributed by atoms with E-state index in [1.807, 2.05) is 65.7 Å². The molecule has 0 saturated carbocycles. The van der Waals surface area contributed by atoms with E-state index in [9.17, 15) is 9.59 Å². The smallest absolute Gasteiger partial charge is 0.255 e. The number of amides is 2. The average Bonchev–Trinajstić information content (AvgIpc) is 3.25. The van der Waals surface area contributed by atoms with E-state index in [0.717, 1.165) is 20.8 Å². The summed E-state index contributed by atoms with van der Waals surface area (Å²) in [4.78, 5) is 30.6. The highest BCUT2D eigenvalue weighted by Crippen LogP contribution is 2.21. The summed E-state index contributed by atoms with van der Waals surface area (Å²) in [5, 5.41) is 0.724. The Balaban J connectivity index is 1.81. The summed E-state index contributed by atoms with van der Waals surface area (Å²) >= 11 is 9.87. The van der Waals surface area contributed by atoms with E-state index in [4.69, 9.17) is 11.6 Å². The topological polar surface area (TPSA) is 45.6 Å². The molecule has 0 fully saturated rings. The van der Waals surface area contributed by atoms with Crippen molar-refractivity contribution >= 4 is 39.3 Å². The molecule has 1 heterocycles. The lowest BCUT2D eigenvalue weighted by Crippen LogP contribution is -2.45. The average molecular weight is 573 g/mol. The van der Waals surface area contributed by atoms with Crippen LogP contribution in [0.15, 0.2) is 71.3 Å². The Morgan fingerprint density at radius 2 is 1.53 bits per heavy atom. The summed E-state index contributed by atoms with van der Waals surface area (Å²) in [5.74, 6) is 0.320. The number of carbonyl (C=O) groups is 2. The van der Waals surface area contributed by atoms with Gasteiger partial charge >= 0.3 is 0 Å². The van der Waals surface area contributed by atoms with Gasteiger partial charge in [0.05, 0.1) is 12.1 Å². The van der Waals surface area contributed by atoms with Crippen LogP contribution in [-0.4, -0.2) is 45.8 Å². The molecule has 0 aliphatic rings. The molecule has 0 spiro atoms. The number of rotatable bonds is 11. The van der Waals surface area contributed by atoms with E-state index < -0.39 is 0 Å². The van der Waals surface area contributed by atoms with Gasteiger partial charge in [-0.1, -0.05) is 69.6 Å². The first-order chi connectivity index (χ1) is 17.2. The van der Waals surface area contributed by atoms with Gasteiger partial charge in [-0.15, -0.1) is 0 Å². The standard InChI is InChI=1S/C29H35BrClN3O2/c1-21(2)16-33(19-24-11-9-15-32(24)18-23-10-5-8-14-27(23)31)28(35)20-34(17-22(3)4)29(36)25-12-6-7-13-26(25)30/h5-15,21-22H,16-20H2,1-4H3. The highest BCUT2D eigenvalue weighted by molar-refractivity contribution is 9.10. The molecule has 3 rings (SSSR count). The van der Waals surface area contributed by atoms with Gasteiger partial charge in [0.25, 0.3) is 5.91 Å². The molecule has 0 N–H and O–H groups in total. The lowest BCUT2D eigenvalue weighted by atomic mass is 10.1. The molecule has 0 unspecified atom stereocenters. The SMILES string of the molecule is CC(C)CN(Cc1cccn1Cc1ccccc1Cl)C(=O)CN(CC(C)C)C(=O)c1ccccc1Br. The van der Waals surface area contributed by atoms with Crippen LogP contribution in [-0.2, 0) is 17.9 Å². The Morgan fingerprint density at radius 1 is 0.889 bits per heavy atom. The first kappa shape index (κ1) is 28.0. The molecule has 0 radical (unpaired) electrons. The number of nitrogens with zero attached hydrogens (tertiary/aromatic N) is 3. The molecular formula is C29H35BrClN3O2. The van der Waals surface area contributed by atoms with Crippen molar-refractivity contribution in [2.75, 3.05) is 19.6 Å². The summed E-state index contributed by atoms with van der Waals surface area (Å²) < 4.78 is 2.85. The normalized spacial score (nSPS) is 11.2. The number of carbonyl (C=O) groups excluding carboxylic acids is 2. The van der Waals surface area contributed by atoms with Gasteiger partial charge in [0.1, 0.15) is 6.54 Å². The Labute approximate surface area is 228 Å². The summed E-state index contributed by atoms with van der Waals surface area (Å²) in [6.07, 6.45) is 2.01. The maximum Gasteiger partial charge on any atom is 0.255 e. The molecule has 2 amide bonds. The third-order valence-electron chi connectivity index (χ3n) is 5.82. The van der Waals surface area contributed by atoms with Crippen molar-refractivity contribution in [3.63, 3.8) is 0 Å². The molecule has 0 aliphatic carbocycles. The monoisotopic (exact) mass is 571 g/mol. The second-order valence-corrected chi connectivity index (χ2v) is 11.2. The highest BCUT2D eigenvalue weighted by Gasteiger charge is 2.25. The van der Waals surface area contributed by atoms with Crippen molar-refractivity contribution in [1.29, 1.82) is 0 Å². The van der Waals surface area contributed by atoms with Crippen LogP contribution in [0.3, 0.4) is 0 Å². The maximum atomic E-state index is 13.6. The van der Waals surface area contributed by atoms with Crippen molar-refractivity contribution in [2.24, 2.45) is 11.8 Å². The molecular weight excluding hydrogens is 538 g/mol. The summed E-state index contributed by atoms with van der Waals surface area (Å²) in [5.41, 5.74) is 2.62. The first-order valence-corrected chi connectivity index (χ1v) is 13.5. The summed E-state index contributed by atoms with van der Waals surface area (Å²) in [6.45, 7) is 10.5. The predicted octanol–water partition coefficient (Wildman–Crippen LogP) is 6.74. The van der Waals surface area contributed by atoms with Crippen molar-refractivity contribution in [1.82, 2.24) is 14.4 Å². The predicted molar refractivity (Wildman–Crippen MR) is 150 cm³/mol. The van der Waals surface area contributed by atoms with E-state index in [-0.39, 0.29) is 24.3 Å². The van der Waals surface area contributed by atoms with Gasteiger partial charge in [-0.3, -0.25) is 9.59 Å². The third-order valence-corrected chi connectivity index (χ3v) is 6.88. The van der Waals surface area contributed by atoms with Gasteiger partial charge in [-0.2, -0.15) is 0 Å². The van der Waals surface area contributed by atoms with Gasteiger partial charge in [-0.25, -0.2) is 0 Å². The molecule has 0 saturated heterocycles. The Hall–Kier alpha value is -2.57. The second-order valence-electron chi connectivity index (χ2n) is 9.95. The summed E-state index contributed by atoms with van der Waals surface area (Å²) in [6, 6.07) is 19.2. The number of hydrogen-bond donors (Lipinski definition) is 0. The van der Waals surface area contributed by atoms with Gasteiger partial charge in [0.2, 0.25) is 5.91 Å². The van der Waals surface area contributed by atoms with Crippen LogP contribution < -0.4 is 0 Å². The molecule has 3 aromatic rings. The minimum atomic E-state index is -0.142. The molecule has 0 aliphatic heterocycles. The molecule has 0 bridgehead atoms. The zero-order valence-electron chi connectivity index (χ0n) is 21.5. The molecule has 2 aromatic carbocycles. The molecule has 36 heavy (non-hydrogen) atoms. The third kappa shape index (κ3) is 7.71. The fraction of sp³-hybridized carbons (Fsp3) is 0.379. The van der Waals surface area contributed by atoms with Crippen molar-refractivity contribution < 1.29 is 9.59 Å². The van der Waals surface area contributed by atoms with Crippen LogP contribution in [0.5, 0.6) is 0 Å². The number of hydrogen-bond acceptors (Lipinski definition) is 2. The quantitative estimate of drug-likeness (QED) is 0.256. The lowest BCUT2D eigenvalue weighted by Gasteiger charge is -2.30. The van der Waals surface area contributed by atoms with Crippen LogP contribution >= 0.6 is 27.5 Å². The highest BCUT2D eigenvalue weighted by atomic mass is 79.9. The molecule has 0 atom stereocenters. The number of benzene rings is 2. The lowest BCUT2D eigenvalue weighted by molar-refractivity contribution is -0.133. The van der Waals surface area contributed by atoms with E-state index in [0.29, 0.717) is 37.7 Å². The van der Waals surface area contributed by atoms with Gasteiger partial charge in [-0.05, 0) is 63.7 Å². The first-order valence-electron chi connectivity index (χ1n) is 12.3. The Bertz CT molecular complexity index is 1170. The van der Waals surface area contributed by atoms with E-state index in [2.05, 4.69) is 48.2 Å². The Morgan fingerprint density at radius 3 is 2.19 bits per heavy atom. The minimum Gasteiger partial charge on any atom is -0.345 e. The van der Waals surface area contributed by atoms with Crippen molar-refractivity contribution in [3.05, 3.63) is 93.2 Å². The van der Waals surface area contributed by atoms with Gasteiger partial charge in [0, 0.05) is 41.0 Å². The zero-order chi connectivity index (χ0) is 26.2. The van der Waals surface area contributed by atoms with E-state index in [1.165, 1.54) is 0 Å². The minimum absolute atomic E-state index is 0.0380. The second kappa shape index (κ2) is 13.1.